The summed E-state index contributed by atoms with van der Waals surface area (Å²) in [6.07, 6.45) is 0. The zero-order valence-corrected chi connectivity index (χ0v) is 15.6. The average Bonchev–Trinajstić information content (AvgIpc) is 2.59. The van der Waals surface area contributed by atoms with Crippen molar-refractivity contribution in [3.63, 3.8) is 0 Å². The molecule has 0 fully saturated rings. The number of nitrogens with one attached hydrogen (secondary N) is 1. The summed E-state index contributed by atoms with van der Waals surface area (Å²) in [6.45, 7) is 1.99. The summed E-state index contributed by atoms with van der Waals surface area (Å²) in [5.41, 5.74) is 6.90. The van der Waals surface area contributed by atoms with E-state index >= 15 is 0 Å². The number of benzene rings is 2. The highest BCUT2D eigenvalue weighted by molar-refractivity contribution is 9.10. The predicted molar refractivity (Wildman–Crippen MR) is 97.9 cm³/mol. The Hall–Kier alpha value is -2.38. The number of quaternary nitrogens is 1. The van der Waals surface area contributed by atoms with Crippen LogP contribution >= 0.6 is 15.9 Å². The van der Waals surface area contributed by atoms with Gasteiger partial charge in [-0.3, -0.25) is 10.1 Å². The number of halogens is 1. The number of ether oxygens (including phenoxy) is 1. The fraction of sp³-hybridized carbons (Fsp3) is 0.222. The zero-order valence-electron chi connectivity index (χ0n) is 14.0. The molecule has 3 amide bonds. The lowest BCUT2D eigenvalue weighted by atomic mass is 10.0. The highest BCUT2D eigenvalue weighted by atomic mass is 79.9. The second-order valence-electron chi connectivity index (χ2n) is 5.62. The van der Waals surface area contributed by atoms with E-state index in [0.717, 1.165) is 21.3 Å². The molecule has 0 spiro atoms. The van der Waals surface area contributed by atoms with Crippen LogP contribution in [0.4, 0.5) is 4.79 Å². The number of methoxy groups -OCH3 is 1. The van der Waals surface area contributed by atoms with E-state index in [-0.39, 0.29) is 6.04 Å². The maximum absolute atomic E-state index is 12.4. The summed E-state index contributed by atoms with van der Waals surface area (Å²) in [5.74, 6) is 0.292. The van der Waals surface area contributed by atoms with Gasteiger partial charge in [-0.2, -0.15) is 0 Å². The molecular formula is C18H21BrN3O3+. The minimum absolute atomic E-state index is 0.0361. The number of amides is 3. The van der Waals surface area contributed by atoms with Gasteiger partial charge in [-0.25, -0.2) is 4.79 Å². The van der Waals surface area contributed by atoms with Crippen molar-refractivity contribution in [2.45, 2.75) is 19.0 Å². The number of hydrogen-bond donors (Lipinski definition) is 3. The Morgan fingerprint density at radius 2 is 1.84 bits per heavy atom. The molecule has 7 heteroatoms. The number of carbonyl (C=O) groups excluding carboxylic acids is 2. The van der Waals surface area contributed by atoms with Crippen molar-refractivity contribution in [2.75, 3.05) is 7.11 Å². The fourth-order valence-corrected chi connectivity index (χ4v) is 3.13. The molecule has 0 aliphatic heterocycles. The van der Waals surface area contributed by atoms with E-state index < -0.39 is 18.0 Å². The molecule has 0 radical (unpaired) electrons. The molecule has 0 aliphatic carbocycles. The Balaban J connectivity index is 2.25. The lowest BCUT2D eigenvalue weighted by Gasteiger charge is -2.20. The molecule has 0 unspecified atom stereocenters. The summed E-state index contributed by atoms with van der Waals surface area (Å²) in [7, 11) is 1.61. The lowest BCUT2D eigenvalue weighted by Crippen LogP contribution is -2.88. The third-order valence-electron chi connectivity index (χ3n) is 3.87. The molecule has 2 aromatic rings. The molecule has 6 nitrogen and oxygen atoms in total. The van der Waals surface area contributed by atoms with Gasteiger partial charge in [-0.1, -0.05) is 30.3 Å². The molecule has 5 N–H and O–H groups in total. The van der Waals surface area contributed by atoms with Gasteiger partial charge in [-0.15, -0.1) is 0 Å². The molecule has 132 valence electrons. The van der Waals surface area contributed by atoms with Crippen LogP contribution in [0.15, 0.2) is 53.0 Å². The number of carbonyl (C=O) groups is 2. The number of urea groups is 1. The lowest BCUT2D eigenvalue weighted by molar-refractivity contribution is -0.719. The van der Waals surface area contributed by atoms with Gasteiger partial charge in [0, 0.05) is 11.1 Å². The zero-order chi connectivity index (χ0) is 18.4. The summed E-state index contributed by atoms with van der Waals surface area (Å²) in [6, 6.07) is 13.5. The Kier molecular flexibility index (Phi) is 6.55. The van der Waals surface area contributed by atoms with Gasteiger partial charge in [0.1, 0.15) is 11.8 Å². The summed E-state index contributed by atoms with van der Waals surface area (Å²) >= 11 is 3.47. The Morgan fingerprint density at radius 1 is 1.16 bits per heavy atom. The van der Waals surface area contributed by atoms with Gasteiger partial charge < -0.3 is 15.8 Å². The first-order valence-electron chi connectivity index (χ1n) is 7.76. The fourth-order valence-electron chi connectivity index (χ4n) is 2.58. The number of primary amides is 1. The Morgan fingerprint density at radius 3 is 2.40 bits per heavy atom. The monoisotopic (exact) mass is 406 g/mol. The smallest absolute Gasteiger partial charge is 0.319 e. The van der Waals surface area contributed by atoms with E-state index in [9.17, 15) is 9.59 Å². The summed E-state index contributed by atoms with van der Waals surface area (Å²) in [4.78, 5) is 23.5. The van der Waals surface area contributed by atoms with Crippen LogP contribution in [0.1, 0.15) is 30.1 Å². The van der Waals surface area contributed by atoms with Crippen molar-refractivity contribution >= 4 is 27.9 Å². The molecule has 0 saturated carbocycles. The first-order chi connectivity index (χ1) is 11.9. The topological polar surface area (TPSA) is 98.0 Å². The highest BCUT2D eigenvalue weighted by Gasteiger charge is 2.28. The molecule has 0 saturated heterocycles. The number of nitrogens with two attached hydrogens (primary N) is 2. The van der Waals surface area contributed by atoms with Crippen molar-refractivity contribution in [1.82, 2.24) is 5.32 Å². The van der Waals surface area contributed by atoms with E-state index in [1.165, 1.54) is 0 Å². The molecular weight excluding hydrogens is 386 g/mol. The molecule has 0 aromatic heterocycles. The van der Waals surface area contributed by atoms with Crippen LogP contribution in [0.2, 0.25) is 0 Å². The van der Waals surface area contributed by atoms with Gasteiger partial charge in [0.15, 0.2) is 6.04 Å². The number of rotatable bonds is 6. The van der Waals surface area contributed by atoms with Crippen LogP contribution in [0.5, 0.6) is 5.75 Å². The van der Waals surface area contributed by atoms with Gasteiger partial charge in [0.05, 0.1) is 11.6 Å². The molecule has 2 aromatic carbocycles. The first-order valence-corrected chi connectivity index (χ1v) is 8.55. The number of hydrogen-bond acceptors (Lipinski definition) is 3. The molecule has 0 bridgehead atoms. The standard InChI is InChI=1S/C18H20BrN3O3/c1-11(13-8-9-15(25-2)14(19)10-13)21-16(17(23)22-18(20)24)12-6-4-3-5-7-12/h3-11,16,21H,1-2H3,(H3,20,22,23,24)/p+1/t11-,16+/m0/s1. The van der Waals surface area contributed by atoms with E-state index in [2.05, 4.69) is 21.2 Å². The minimum Gasteiger partial charge on any atom is -0.496 e. The van der Waals surface area contributed by atoms with Gasteiger partial charge in [0.2, 0.25) is 0 Å². The maximum Gasteiger partial charge on any atom is 0.319 e. The summed E-state index contributed by atoms with van der Waals surface area (Å²) in [5, 5.41) is 4.06. The van der Waals surface area contributed by atoms with E-state index in [1.54, 1.807) is 7.11 Å². The predicted octanol–water partition coefficient (Wildman–Crippen LogP) is 2.02. The molecule has 25 heavy (non-hydrogen) atoms. The van der Waals surface area contributed by atoms with E-state index in [4.69, 9.17) is 10.5 Å². The SMILES string of the molecule is COc1ccc([C@H](C)[NH2+][C@@H](C(=O)NC(N)=O)c2ccccc2)cc1Br. The molecule has 0 aliphatic rings. The Bertz CT molecular complexity index is 752. The molecule has 2 rings (SSSR count). The second-order valence-corrected chi connectivity index (χ2v) is 6.47. The van der Waals surface area contributed by atoms with Crippen molar-refractivity contribution in [3.05, 3.63) is 64.1 Å². The van der Waals surface area contributed by atoms with Crippen molar-refractivity contribution in [1.29, 1.82) is 0 Å². The van der Waals surface area contributed by atoms with Gasteiger partial charge >= 0.3 is 6.03 Å². The summed E-state index contributed by atoms with van der Waals surface area (Å²) < 4.78 is 6.08. The van der Waals surface area contributed by atoms with Crippen LogP contribution in [-0.2, 0) is 4.79 Å². The quantitative estimate of drug-likeness (QED) is 0.684. The van der Waals surface area contributed by atoms with Crippen LogP contribution in [-0.4, -0.2) is 19.0 Å². The third kappa shape index (κ3) is 5.04. The van der Waals surface area contributed by atoms with Crippen LogP contribution in [0.3, 0.4) is 0 Å². The van der Waals surface area contributed by atoms with E-state index in [0.29, 0.717) is 0 Å². The first kappa shape index (κ1) is 19.0. The van der Waals surface area contributed by atoms with Crippen LogP contribution in [0, 0.1) is 0 Å². The van der Waals surface area contributed by atoms with Crippen LogP contribution < -0.4 is 21.1 Å². The minimum atomic E-state index is -0.862. The van der Waals surface area contributed by atoms with Gasteiger partial charge in [-0.05, 0) is 41.1 Å². The number of imide groups is 1. The molecule has 2 atom stereocenters. The second kappa shape index (κ2) is 8.64. The average molecular weight is 407 g/mol. The van der Waals surface area contributed by atoms with Crippen molar-refractivity contribution in [3.8, 4) is 5.75 Å². The highest BCUT2D eigenvalue weighted by Crippen LogP contribution is 2.27. The van der Waals surface area contributed by atoms with Gasteiger partial charge in [0.25, 0.3) is 5.91 Å². The van der Waals surface area contributed by atoms with Crippen molar-refractivity contribution < 1.29 is 19.6 Å². The Labute approximate surface area is 154 Å². The van der Waals surface area contributed by atoms with Crippen LogP contribution in [0.25, 0.3) is 0 Å². The normalized spacial score (nSPS) is 12.9. The van der Waals surface area contributed by atoms with Crippen molar-refractivity contribution in [2.24, 2.45) is 5.73 Å². The third-order valence-corrected chi connectivity index (χ3v) is 4.49. The molecule has 0 heterocycles. The maximum atomic E-state index is 12.4. The van der Waals surface area contributed by atoms with E-state index in [1.807, 2.05) is 60.8 Å². The largest absolute Gasteiger partial charge is 0.496 e.